The van der Waals surface area contributed by atoms with Gasteiger partial charge in [-0.05, 0) is 30.5 Å². The summed E-state index contributed by atoms with van der Waals surface area (Å²) in [4.78, 5) is 0. The first kappa shape index (κ1) is 16.9. The zero-order valence-corrected chi connectivity index (χ0v) is 11.2. The SMILES string of the molecule is CCCNCc1ccc(CCC(F)(F)C(F)(F)F)cc1. The molecule has 114 valence electrons. The number of benzene rings is 1. The first-order valence-corrected chi connectivity index (χ1v) is 6.49. The normalized spacial score (nSPS) is 12.7. The molecule has 0 atom stereocenters. The summed E-state index contributed by atoms with van der Waals surface area (Å²) in [6.45, 7) is 3.57. The molecule has 0 aliphatic heterocycles. The highest BCUT2D eigenvalue weighted by Crippen LogP contribution is 2.38. The van der Waals surface area contributed by atoms with E-state index in [1.165, 1.54) is 0 Å². The summed E-state index contributed by atoms with van der Waals surface area (Å²) < 4.78 is 61.6. The zero-order chi connectivity index (χ0) is 15.2. The van der Waals surface area contributed by atoms with E-state index in [1.54, 1.807) is 24.3 Å². The molecule has 0 bridgehead atoms. The Morgan fingerprint density at radius 1 is 0.950 bits per heavy atom. The van der Waals surface area contributed by atoms with Gasteiger partial charge in [-0.15, -0.1) is 0 Å². The molecule has 0 aliphatic rings. The van der Waals surface area contributed by atoms with E-state index in [0.717, 1.165) is 18.5 Å². The molecule has 1 aromatic carbocycles. The second-order valence-corrected chi connectivity index (χ2v) is 4.70. The molecule has 1 N–H and O–H groups in total. The Hall–Kier alpha value is -1.17. The van der Waals surface area contributed by atoms with Gasteiger partial charge in [-0.1, -0.05) is 31.2 Å². The molecule has 0 heterocycles. The van der Waals surface area contributed by atoms with Gasteiger partial charge in [-0.25, -0.2) is 0 Å². The average Bonchev–Trinajstić information content (AvgIpc) is 2.37. The van der Waals surface area contributed by atoms with Gasteiger partial charge in [0.2, 0.25) is 0 Å². The molecule has 6 heteroatoms. The van der Waals surface area contributed by atoms with Crippen LogP contribution < -0.4 is 5.32 Å². The molecular formula is C14H18F5N. The molecule has 0 fully saturated rings. The predicted molar refractivity (Wildman–Crippen MR) is 67.8 cm³/mol. The summed E-state index contributed by atoms with van der Waals surface area (Å²) >= 11 is 0. The quantitative estimate of drug-likeness (QED) is 0.583. The Labute approximate surface area is 115 Å². The lowest BCUT2D eigenvalue weighted by Gasteiger charge is -2.19. The van der Waals surface area contributed by atoms with Crippen LogP contribution in [0.25, 0.3) is 0 Å². The van der Waals surface area contributed by atoms with Crippen molar-refractivity contribution in [3.05, 3.63) is 35.4 Å². The van der Waals surface area contributed by atoms with Crippen LogP contribution in [0.5, 0.6) is 0 Å². The maximum absolute atomic E-state index is 12.8. The standard InChI is InChI=1S/C14H18F5N/c1-2-9-20-10-12-5-3-11(4-6-12)7-8-13(15,16)14(17,18)19/h3-6,20H,2,7-10H2,1H3. The molecule has 1 nitrogen and oxygen atoms in total. The van der Waals surface area contributed by atoms with Gasteiger partial charge >= 0.3 is 12.1 Å². The molecule has 1 aromatic rings. The Kier molecular flexibility index (Phi) is 5.92. The average molecular weight is 295 g/mol. The van der Waals surface area contributed by atoms with E-state index in [0.29, 0.717) is 12.1 Å². The first-order chi connectivity index (χ1) is 9.26. The molecule has 0 aromatic heterocycles. The Morgan fingerprint density at radius 2 is 1.50 bits per heavy atom. The Bertz CT molecular complexity index is 397. The molecule has 0 amide bonds. The van der Waals surface area contributed by atoms with Crippen molar-refractivity contribution in [3.63, 3.8) is 0 Å². The number of alkyl halides is 5. The molecule has 0 aliphatic carbocycles. The van der Waals surface area contributed by atoms with Gasteiger partial charge in [0.1, 0.15) is 0 Å². The van der Waals surface area contributed by atoms with Crippen molar-refractivity contribution >= 4 is 0 Å². The van der Waals surface area contributed by atoms with E-state index in [9.17, 15) is 22.0 Å². The van der Waals surface area contributed by atoms with E-state index in [2.05, 4.69) is 5.32 Å². The minimum atomic E-state index is -5.48. The molecule has 0 saturated heterocycles. The van der Waals surface area contributed by atoms with Crippen molar-refractivity contribution < 1.29 is 22.0 Å². The molecule has 0 radical (unpaired) electrons. The fourth-order valence-corrected chi connectivity index (χ4v) is 1.68. The minimum absolute atomic E-state index is 0.296. The van der Waals surface area contributed by atoms with Gasteiger partial charge in [0, 0.05) is 13.0 Å². The summed E-state index contributed by atoms with van der Waals surface area (Å²) in [6, 6.07) is 6.66. The van der Waals surface area contributed by atoms with Crippen molar-refractivity contribution in [2.24, 2.45) is 0 Å². The molecule has 0 spiro atoms. The van der Waals surface area contributed by atoms with E-state index >= 15 is 0 Å². The van der Waals surface area contributed by atoms with Crippen molar-refractivity contribution in [1.82, 2.24) is 5.32 Å². The van der Waals surface area contributed by atoms with Crippen LogP contribution in [0, 0.1) is 0 Å². The van der Waals surface area contributed by atoms with Crippen LogP contribution in [-0.2, 0) is 13.0 Å². The fourth-order valence-electron chi connectivity index (χ4n) is 1.68. The van der Waals surface area contributed by atoms with Gasteiger partial charge < -0.3 is 5.32 Å². The molecular weight excluding hydrogens is 277 g/mol. The van der Waals surface area contributed by atoms with Crippen LogP contribution in [0.2, 0.25) is 0 Å². The third-order valence-corrected chi connectivity index (χ3v) is 2.92. The lowest BCUT2D eigenvalue weighted by Crippen LogP contribution is -2.36. The van der Waals surface area contributed by atoms with Crippen LogP contribution in [0.4, 0.5) is 22.0 Å². The molecule has 1 rings (SSSR count). The predicted octanol–water partition coefficient (Wildman–Crippen LogP) is 4.32. The number of nitrogens with one attached hydrogen (secondary N) is 1. The molecule has 0 saturated carbocycles. The van der Waals surface area contributed by atoms with E-state index in [-0.39, 0.29) is 6.42 Å². The highest BCUT2D eigenvalue weighted by atomic mass is 19.4. The molecule has 20 heavy (non-hydrogen) atoms. The summed E-state index contributed by atoms with van der Waals surface area (Å²) in [5.41, 5.74) is 1.46. The highest BCUT2D eigenvalue weighted by Gasteiger charge is 2.56. The van der Waals surface area contributed by atoms with Crippen LogP contribution in [0.15, 0.2) is 24.3 Å². The summed E-state index contributed by atoms with van der Waals surface area (Å²) in [5.74, 6) is -4.63. The third kappa shape index (κ3) is 5.07. The largest absolute Gasteiger partial charge is 0.453 e. The third-order valence-electron chi connectivity index (χ3n) is 2.92. The van der Waals surface area contributed by atoms with Gasteiger partial charge in [-0.2, -0.15) is 22.0 Å². The van der Waals surface area contributed by atoms with Crippen molar-refractivity contribution in [2.75, 3.05) is 6.54 Å². The van der Waals surface area contributed by atoms with Crippen molar-refractivity contribution in [1.29, 1.82) is 0 Å². The van der Waals surface area contributed by atoms with Gasteiger partial charge in [0.15, 0.2) is 0 Å². The number of hydrogen-bond donors (Lipinski definition) is 1. The van der Waals surface area contributed by atoms with Gasteiger partial charge in [0.05, 0.1) is 0 Å². The maximum Gasteiger partial charge on any atom is 0.453 e. The van der Waals surface area contributed by atoms with Crippen LogP contribution in [0.1, 0.15) is 30.9 Å². The van der Waals surface area contributed by atoms with Crippen LogP contribution in [-0.4, -0.2) is 18.6 Å². The van der Waals surface area contributed by atoms with Crippen molar-refractivity contribution in [2.45, 2.75) is 44.8 Å². The number of aryl methyl sites for hydroxylation is 1. The number of rotatable bonds is 7. The Balaban J connectivity index is 2.50. The lowest BCUT2D eigenvalue weighted by atomic mass is 10.0. The smallest absolute Gasteiger partial charge is 0.313 e. The monoisotopic (exact) mass is 295 g/mol. The van der Waals surface area contributed by atoms with E-state index in [1.807, 2.05) is 6.92 Å². The highest BCUT2D eigenvalue weighted by molar-refractivity contribution is 5.22. The van der Waals surface area contributed by atoms with Crippen molar-refractivity contribution in [3.8, 4) is 0 Å². The van der Waals surface area contributed by atoms with E-state index < -0.39 is 18.5 Å². The maximum atomic E-state index is 12.8. The Morgan fingerprint density at radius 3 is 2.00 bits per heavy atom. The zero-order valence-electron chi connectivity index (χ0n) is 11.2. The second kappa shape index (κ2) is 7.02. The first-order valence-electron chi connectivity index (χ1n) is 6.49. The second-order valence-electron chi connectivity index (χ2n) is 4.70. The summed E-state index contributed by atoms with van der Waals surface area (Å²) in [5, 5.41) is 3.18. The lowest BCUT2D eigenvalue weighted by molar-refractivity contribution is -0.284. The molecule has 0 unspecified atom stereocenters. The summed E-state index contributed by atoms with van der Waals surface area (Å²) in [6.07, 6.45) is -5.99. The topological polar surface area (TPSA) is 12.0 Å². The van der Waals surface area contributed by atoms with Crippen LogP contribution in [0.3, 0.4) is 0 Å². The minimum Gasteiger partial charge on any atom is -0.313 e. The summed E-state index contributed by atoms with van der Waals surface area (Å²) in [7, 11) is 0. The van der Waals surface area contributed by atoms with E-state index in [4.69, 9.17) is 0 Å². The number of hydrogen-bond acceptors (Lipinski definition) is 1. The fraction of sp³-hybridized carbons (Fsp3) is 0.571. The van der Waals surface area contributed by atoms with Crippen LogP contribution >= 0.6 is 0 Å². The van der Waals surface area contributed by atoms with Gasteiger partial charge in [-0.3, -0.25) is 0 Å². The number of halogens is 5. The van der Waals surface area contributed by atoms with Gasteiger partial charge in [0.25, 0.3) is 0 Å².